The zero-order chi connectivity index (χ0) is 22.5. The molecule has 1 fully saturated rings. The highest BCUT2D eigenvalue weighted by molar-refractivity contribution is 5.92. The van der Waals surface area contributed by atoms with Gasteiger partial charge < -0.3 is 10.6 Å². The number of non-ortho nitro benzene ring substituents is 1. The second-order valence-corrected chi connectivity index (χ2v) is 7.73. The molecule has 0 spiro atoms. The van der Waals surface area contributed by atoms with E-state index in [1.54, 1.807) is 12.1 Å². The van der Waals surface area contributed by atoms with Crippen molar-refractivity contribution in [1.82, 2.24) is 9.88 Å². The van der Waals surface area contributed by atoms with E-state index in [9.17, 15) is 20.2 Å². The first-order chi connectivity index (χ1) is 15.5. The fourth-order valence-corrected chi connectivity index (χ4v) is 3.86. The summed E-state index contributed by atoms with van der Waals surface area (Å²) in [6.07, 6.45) is 1.67. The number of anilines is 2. The summed E-state index contributed by atoms with van der Waals surface area (Å²) in [7, 11) is 0. The van der Waals surface area contributed by atoms with Crippen LogP contribution in [0.3, 0.4) is 0 Å². The van der Waals surface area contributed by atoms with Crippen LogP contribution in [0.2, 0.25) is 0 Å². The van der Waals surface area contributed by atoms with Crippen LogP contribution in [0.5, 0.6) is 0 Å². The van der Waals surface area contributed by atoms with Gasteiger partial charge >= 0.3 is 0 Å². The summed E-state index contributed by atoms with van der Waals surface area (Å²) in [4.78, 5) is 29.4. The molecule has 2 N–H and O–H groups in total. The summed E-state index contributed by atoms with van der Waals surface area (Å²) in [5.74, 6) is 0.537. The first-order valence-corrected chi connectivity index (χ1v) is 10.3. The number of fused-ring (bicyclic) bond motifs is 1. The minimum Gasteiger partial charge on any atom is -0.367 e. The number of nitrogens with zero attached hydrogens (tertiary/aromatic N) is 4. The molecule has 2 heterocycles. The summed E-state index contributed by atoms with van der Waals surface area (Å²) < 4.78 is 0. The molecule has 1 amide bonds. The molecule has 0 radical (unpaired) electrons. The predicted molar refractivity (Wildman–Crippen MR) is 121 cm³/mol. The SMILES string of the molecule is N#Cc1cc(NC2CCN(CC(=O)Nc3ccccc3)CC2)nc2ccc([N+](=O)[O-])cc12. The lowest BCUT2D eigenvalue weighted by Gasteiger charge is -2.32. The third kappa shape index (κ3) is 4.99. The monoisotopic (exact) mass is 430 g/mol. The van der Waals surface area contributed by atoms with Crippen LogP contribution in [0.15, 0.2) is 54.6 Å². The normalized spacial score (nSPS) is 14.6. The molecule has 1 aliphatic rings. The number of para-hydroxylation sites is 1. The van der Waals surface area contributed by atoms with E-state index in [0.29, 0.717) is 28.8 Å². The van der Waals surface area contributed by atoms with Crippen molar-refractivity contribution in [2.24, 2.45) is 0 Å². The second kappa shape index (κ2) is 9.41. The maximum Gasteiger partial charge on any atom is 0.270 e. The lowest BCUT2D eigenvalue weighted by atomic mass is 10.0. The van der Waals surface area contributed by atoms with Crippen molar-refractivity contribution >= 4 is 34.0 Å². The number of hydrogen-bond donors (Lipinski definition) is 2. The summed E-state index contributed by atoms with van der Waals surface area (Å²) >= 11 is 0. The maximum atomic E-state index is 12.3. The van der Waals surface area contributed by atoms with E-state index in [4.69, 9.17) is 0 Å². The molecule has 2 aromatic carbocycles. The fourth-order valence-electron chi connectivity index (χ4n) is 3.86. The number of benzene rings is 2. The molecule has 9 nitrogen and oxygen atoms in total. The van der Waals surface area contributed by atoms with E-state index in [1.165, 1.54) is 12.1 Å². The average Bonchev–Trinajstić information content (AvgIpc) is 2.80. The molecule has 0 aliphatic carbocycles. The van der Waals surface area contributed by atoms with Crippen LogP contribution in [-0.2, 0) is 4.79 Å². The van der Waals surface area contributed by atoms with Crippen LogP contribution >= 0.6 is 0 Å². The molecule has 32 heavy (non-hydrogen) atoms. The molecule has 1 aliphatic heterocycles. The van der Waals surface area contributed by atoms with Gasteiger partial charge in [-0.3, -0.25) is 19.8 Å². The number of pyridine rings is 1. The Morgan fingerprint density at radius 3 is 2.62 bits per heavy atom. The molecule has 162 valence electrons. The number of rotatable bonds is 6. The van der Waals surface area contributed by atoms with Crippen LogP contribution in [0, 0.1) is 21.4 Å². The average molecular weight is 430 g/mol. The van der Waals surface area contributed by atoms with E-state index in [1.807, 2.05) is 30.3 Å². The van der Waals surface area contributed by atoms with E-state index >= 15 is 0 Å². The van der Waals surface area contributed by atoms with E-state index < -0.39 is 4.92 Å². The minimum absolute atomic E-state index is 0.0356. The predicted octanol–water partition coefficient (Wildman–Crippen LogP) is 3.53. The van der Waals surface area contributed by atoms with Gasteiger partial charge in [0.25, 0.3) is 5.69 Å². The lowest BCUT2D eigenvalue weighted by molar-refractivity contribution is -0.384. The Morgan fingerprint density at radius 2 is 1.94 bits per heavy atom. The summed E-state index contributed by atoms with van der Waals surface area (Å²) in [6, 6.07) is 17.6. The summed E-state index contributed by atoms with van der Waals surface area (Å²) in [5, 5.41) is 27.3. The Morgan fingerprint density at radius 1 is 1.19 bits per heavy atom. The summed E-state index contributed by atoms with van der Waals surface area (Å²) in [6.45, 7) is 1.88. The number of amides is 1. The number of nitriles is 1. The number of nitro benzene ring substituents is 1. The number of nitro groups is 1. The third-order valence-corrected chi connectivity index (χ3v) is 5.49. The van der Waals surface area contributed by atoms with Crippen molar-refractivity contribution in [1.29, 1.82) is 5.26 Å². The first-order valence-electron chi connectivity index (χ1n) is 10.3. The van der Waals surface area contributed by atoms with Gasteiger partial charge in [-0.15, -0.1) is 0 Å². The van der Waals surface area contributed by atoms with Crippen molar-refractivity contribution in [3.8, 4) is 6.07 Å². The molecule has 4 rings (SSSR count). The minimum atomic E-state index is -0.485. The third-order valence-electron chi connectivity index (χ3n) is 5.49. The van der Waals surface area contributed by atoms with Crippen molar-refractivity contribution in [2.45, 2.75) is 18.9 Å². The first kappa shape index (κ1) is 21.2. The van der Waals surface area contributed by atoms with Gasteiger partial charge in [-0.25, -0.2) is 4.98 Å². The highest BCUT2D eigenvalue weighted by Gasteiger charge is 2.22. The van der Waals surface area contributed by atoms with Crippen molar-refractivity contribution in [3.05, 3.63) is 70.3 Å². The van der Waals surface area contributed by atoms with Gasteiger partial charge in [-0.2, -0.15) is 5.26 Å². The molecule has 3 aromatic rings. The molecule has 1 aromatic heterocycles. The maximum absolute atomic E-state index is 12.3. The number of likely N-dealkylation sites (tertiary alicyclic amines) is 1. The molecule has 0 unspecified atom stereocenters. The molecular formula is C23H22N6O3. The zero-order valence-electron chi connectivity index (χ0n) is 17.3. The number of nitrogens with one attached hydrogen (secondary N) is 2. The lowest BCUT2D eigenvalue weighted by Crippen LogP contribution is -2.42. The van der Waals surface area contributed by atoms with Crippen LogP contribution in [0.4, 0.5) is 17.2 Å². The molecule has 0 bridgehead atoms. The topological polar surface area (TPSA) is 124 Å². The Labute approximate surface area is 184 Å². The van der Waals surface area contributed by atoms with Gasteiger partial charge in [0.15, 0.2) is 0 Å². The molecular weight excluding hydrogens is 408 g/mol. The highest BCUT2D eigenvalue weighted by atomic mass is 16.6. The van der Waals surface area contributed by atoms with E-state index in [-0.39, 0.29) is 17.6 Å². The van der Waals surface area contributed by atoms with Gasteiger partial charge in [-0.1, -0.05) is 18.2 Å². The van der Waals surface area contributed by atoms with Gasteiger partial charge in [-0.05, 0) is 37.1 Å². The van der Waals surface area contributed by atoms with Gasteiger partial charge in [0.05, 0.1) is 28.6 Å². The fraction of sp³-hybridized carbons (Fsp3) is 0.261. The highest BCUT2D eigenvalue weighted by Crippen LogP contribution is 2.26. The van der Waals surface area contributed by atoms with Crippen LogP contribution in [0.25, 0.3) is 10.9 Å². The number of carbonyl (C=O) groups is 1. The van der Waals surface area contributed by atoms with E-state index in [2.05, 4.69) is 26.6 Å². The zero-order valence-corrected chi connectivity index (χ0v) is 17.3. The van der Waals surface area contributed by atoms with Gasteiger partial charge in [0.1, 0.15) is 5.82 Å². The number of piperidine rings is 1. The van der Waals surface area contributed by atoms with Crippen molar-refractivity contribution in [2.75, 3.05) is 30.3 Å². The standard InChI is InChI=1S/C23H22N6O3/c24-14-16-12-22(27-21-7-6-19(29(31)32)13-20(16)21)25-18-8-10-28(11-9-18)15-23(30)26-17-4-2-1-3-5-17/h1-7,12-13,18H,8-11,15H2,(H,25,27)(H,26,30). The Balaban J connectivity index is 1.35. The molecule has 9 heteroatoms. The molecule has 0 saturated carbocycles. The van der Waals surface area contributed by atoms with Gasteiger partial charge in [0, 0.05) is 42.3 Å². The Kier molecular flexibility index (Phi) is 6.24. The van der Waals surface area contributed by atoms with Crippen molar-refractivity contribution in [3.63, 3.8) is 0 Å². The van der Waals surface area contributed by atoms with E-state index in [0.717, 1.165) is 31.6 Å². The smallest absolute Gasteiger partial charge is 0.270 e. The molecule has 0 atom stereocenters. The Bertz CT molecular complexity index is 1180. The van der Waals surface area contributed by atoms with Crippen LogP contribution in [-0.4, -0.2) is 46.4 Å². The number of aromatic nitrogens is 1. The number of hydrogen-bond acceptors (Lipinski definition) is 7. The van der Waals surface area contributed by atoms with Crippen molar-refractivity contribution < 1.29 is 9.72 Å². The number of carbonyl (C=O) groups excluding carboxylic acids is 1. The molecule has 1 saturated heterocycles. The summed E-state index contributed by atoms with van der Waals surface area (Å²) in [5.41, 5.74) is 1.60. The van der Waals surface area contributed by atoms with Gasteiger partial charge in [0.2, 0.25) is 5.91 Å². The van der Waals surface area contributed by atoms with Crippen LogP contribution < -0.4 is 10.6 Å². The second-order valence-electron chi connectivity index (χ2n) is 7.73. The quantitative estimate of drug-likeness (QED) is 0.453. The Hall–Kier alpha value is -4.03. The largest absolute Gasteiger partial charge is 0.367 e. The van der Waals surface area contributed by atoms with Crippen LogP contribution in [0.1, 0.15) is 18.4 Å².